The Labute approximate surface area is 150 Å². The molecule has 0 aliphatic heterocycles. The summed E-state index contributed by atoms with van der Waals surface area (Å²) in [6.45, 7) is 14.4. The molecule has 0 bridgehead atoms. The second kappa shape index (κ2) is 9.06. The van der Waals surface area contributed by atoms with Gasteiger partial charge in [0.1, 0.15) is 0 Å². The standard InChI is InChI=1S/C20H37NO2Si/c1-16(14-21)13-18-10-8-9-17(19(18)15-22-5)11-12-23-24(6,7)20(2,3)4/h15-18H,8-13H2,1-7H3/b19-15-/t16?,17-,18+/m0/s1. The Morgan fingerprint density at radius 2 is 1.92 bits per heavy atom. The largest absolute Gasteiger partial charge is 0.504 e. The maximum Gasteiger partial charge on any atom is 0.191 e. The maximum atomic E-state index is 9.14. The van der Waals surface area contributed by atoms with Gasteiger partial charge in [0.25, 0.3) is 0 Å². The molecule has 4 heteroatoms. The van der Waals surface area contributed by atoms with Gasteiger partial charge in [-0.15, -0.1) is 0 Å². The molecule has 0 saturated heterocycles. The fourth-order valence-electron chi connectivity index (χ4n) is 3.32. The second-order valence-electron chi connectivity index (χ2n) is 8.84. The first kappa shape index (κ1) is 21.2. The van der Waals surface area contributed by atoms with Crippen LogP contribution in [0.4, 0.5) is 0 Å². The van der Waals surface area contributed by atoms with E-state index in [4.69, 9.17) is 14.4 Å². The van der Waals surface area contributed by atoms with Crippen molar-refractivity contribution in [2.75, 3.05) is 13.7 Å². The Morgan fingerprint density at radius 1 is 1.29 bits per heavy atom. The summed E-state index contributed by atoms with van der Waals surface area (Å²) in [5.74, 6) is 1.14. The fraction of sp³-hybridized carbons (Fsp3) is 0.850. The highest BCUT2D eigenvalue weighted by atomic mass is 28.4. The van der Waals surface area contributed by atoms with Gasteiger partial charge in [-0.05, 0) is 68.1 Å². The van der Waals surface area contributed by atoms with Crippen molar-refractivity contribution >= 4 is 8.32 Å². The van der Waals surface area contributed by atoms with E-state index in [0.29, 0.717) is 11.8 Å². The van der Waals surface area contributed by atoms with Gasteiger partial charge in [0.15, 0.2) is 8.32 Å². The summed E-state index contributed by atoms with van der Waals surface area (Å²) >= 11 is 0. The summed E-state index contributed by atoms with van der Waals surface area (Å²) in [7, 11) is 0.0590. The number of hydrogen-bond acceptors (Lipinski definition) is 3. The third kappa shape index (κ3) is 5.93. The van der Waals surface area contributed by atoms with Crippen LogP contribution in [0.3, 0.4) is 0 Å². The molecule has 3 nitrogen and oxygen atoms in total. The van der Waals surface area contributed by atoms with E-state index in [0.717, 1.165) is 19.4 Å². The number of methoxy groups -OCH3 is 1. The molecule has 0 N–H and O–H groups in total. The lowest BCUT2D eigenvalue weighted by Crippen LogP contribution is -2.41. The predicted octanol–water partition coefficient (Wildman–Crippen LogP) is 5.89. The Hall–Kier alpha value is -0.793. The third-order valence-electron chi connectivity index (χ3n) is 5.90. The molecule has 0 aromatic carbocycles. The van der Waals surface area contributed by atoms with Crippen LogP contribution in [0.5, 0.6) is 0 Å². The van der Waals surface area contributed by atoms with Gasteiger partial charge in [-0.3, -0.25) is 0 Å². The summed E-state index contributed by atoms with van der Waals surface area (Å²) in [5, 5.41) is 9.40. The lowest BCUT2D eigenvalue weighted by Gasteiger charge is -2.37. The Balaban J connectivity index is 2.69. The van der Waals surface area contributed by atoms with Crippen LogP contribution in [0, 0.1) is 29.1 Å². The first-order valence-electron chi connectivity index (χ1n) is 9.38. The van der Waals surface area contributed by atoms with Crippen molar-refractivity contribution < 1.29 is 9.16 Å². The average Bonchev–Trinajstić information content (AvgIpc) is 2.48. The summed E-state index contributed by atoms with van der Waals surface area (Å²) in [4.78, 5) is 0. The molecule has 1 saturated carbocycles. The van der Waals surface area contributed by atoms with Crippen molar-refractivity contribution in [1.82, 2.24) is 0 Å². The Morgan fingerprint density at radius 3 is 2.46 bits per heavy atom. The van der Waals surface area contributed by atoms with E-state index in [1.807, 2.05) is 13.2 Å². The number of ether oxygens (including phenoxy) is 1. The summed E-state index contributed by atoms with van der Waals surface area (Å²) < 4.78 is 11.8. The number of rotatable bonds is 7. The van der Waals surface area contributed by atoms with Gasteiger partial charge in [0.2, 0.25) is 0 Å². The van der Waals surface area contributed by atoms with Crippen LogP contribution in [0.2, 0.25) is 18.1 Å². The quantitative estimate of drug-likeness (QED) is 0.424. The van der Waals surface area contributed by atoms with E-state index in [1.165, 1.54) is 24.8 Å². The fourth-order valence-corrected chi connectivity index (χ4v) is 4.38. The summed E-state index contributed by atoms with van der Waals surface area (Å²) in [6.07, 6.45) is 7.61. The van der Waals surface area contributed by atoms with Crippen LogP contribution >= 0.6 is 0 Å². The lowest BCUT2D eigenvalue weighted by atomic mass is 9.73. The van der Waals surface area contributed by atoms with Crippen molar-refractivity contribution in [2.45, 2.75) is 77.9 Å². The van der Waals surface area contributed by atoms with Gasteiger partial charge >= 0.3 is 0 Å². The molecular formula is C20H37NO2Si. The van der Waals surface area contributed by atoms with E-state index >= 15 is 0 Å². The number of nitriles is 1. The smallest absolute Gasteiger partial charge is 0.191 e. The zero-order chi connectivity index (χ0) is 18.4. The molecule has 0 heterocycles. The zero-order valence-corrected chi connectivity index (χ0v) is 17.8. The molecule has 138 valence electrons. The minimum atomic E-state index is -1.67. The lowest BCUT2D eigenvalue weighted by molar-refractivity contribution is 0.228. The number of nitrogens with zero attached hydrogens (tertiary/aromatic N) is 1. The second-order valence-corrected chi connectivity index (χ2v) is 13.7. The minimum absolute atomic E-state index is 0.109. The molecule has 24 heavy (non-hydrogen) atoms. The van der Waals surface area contributed by atoms with Crippen LogP contribution in [-0.4, -0.2) is 22.0 Å². The SMILES string of the molecule is CO/C=C1/[C@H](CCO[Si](C)(C)C(C)(C)C)CCC[C@@H]1CC(C)C#N. The molecule has 0 aromatic heterocycles. The minimum Gasteiger partial charge on any atom is -0.504 e. The molecule has 1 aliphatic rings. The van der Waals surface area contributed by atoms with Gasteiger partial charge in [0, 0.05) is 12.5 Å². The molecule has 3 atom stereocenters. The van der Waals surface area contributed by atoms with Crippen molar-refractivity contribution in [3.63, 3.8) is 0 Å². The van der Waals surface area contributed by atoms with Gasteiger partial charge in [-0.25, -0.2) is 0 Å². The Kier molecular flexibility index (Phi) is 8.02. The van der Waals surface area contributed by atoms with E-state index in [9.17, 15) is 0 Å². The first-order chi connectivity index (χ1) is 11.1. The molecular weight excluding hydrogens is 314 g/mol. The maximum absolute atomic E-state index is 9.14. The summed E-state index contributed by atoms with van der Waals surface area (Å²) in [5.41, 5.74) is 1.41. The van der Waals surface area contributed by atoms with E-state index in [-0.39, 0.29) is 11.0 Å². The highest BCUT2D eigenvalue weighted by Crippen LogP contribution is 2.41. The molecule has 1 unspecified atom stereocenters. The van der Waals surface area contributed by atoms with Crippen LogP contribution in [0.15, 0.2) is 11.8 Å². The van der Waals surface area contributed by atoms with Gasteiger partial charge < -0.3 is 9.16 Å². The van der Waals surface area contributed by atoms with Crippen LogP contribution in [0.1, 0.15) is 59.8 Å². The average molecular weight is 352 g/mol. The third-order valence-corrected chi connectivity index (χ3v) is 10.4. The molecule has 1 fully saturated rings. The van der Waals surface area contributed by atoms with E-state index < -0.39 is 8.32 Å². The van der Waals surface area contributed by atoms with Crippen molar-refractivity contribution in [2.24, 2.45) is 17.8 Å². The normalized spacial score (nSPS) is 25.3. The molecule has 0 spiro atoms. The highest BCUT2D eigenvalue weighted by Gasteiger charge is 2.37. The van der Waals surface area contributed by atoms with Crippen molar-refractivity contribution in [1.29, 1.82) is 5.26 Å². The number of allylic oxidation sites excluding steroid dienone is 1. The van der Waals surface area contributed by atoms with Crippen LogP contribution in [-0.2, 0) is 9.16 Å². The van der Waals surface area contributed by atoms with Crippen LogP contribution < -0.4 is 0 Å². The topological polar surface area (TPSA) is 42.2 Å². The number of hydrogen-bond donors (Lipinski definition) is 0. The summed E-state index contributed by atoms with van der Waals surface area (Å²) in [6, 6.07) is 2.38. The van der Waals surface area contributed by atoms with E-state index in [2.05, 4.69) is 39.9 Å². The molecule has 0 radical (unpaired) electrons. The van der Waals surface area contributed by atoms with Gasteiger partial charge in [0.05, 0.1) is 19.4 Å². The van der Waals surface area contributed by atoms with E-state index in [1.54, 1.807) is 7.11 Å². The van der Waals surface area contributed by atoms with Crippen molar-refractivity contribution in [3.8, 4) is 6.07 Å². The molecule has 1 rings (SSSR count). The molecule has 0 amide bonds. The Bertz CT molecular complexity index is 459. The van der Waals surface area contributed by atoms with Crippen LogP contribution in [0.25, 0.3) is 0 Å². The zero-order valence-electron chi connectivity index (χ0n) is 16.8. The van der Waals surface area contributed by atoms with Crippen molar-refractivity contribution in [3.05, 3.63) is 11.8 Å². The predicted molar refractivity (Wildman–Crippen MR) is 103 cm³/mol. The highest BCUT2D eigenvalue weighted by molar-refractivity contribution is 6.74. The van der Waals surface area contributed by atoms with Gasteiger partial charge in [-0.1, -0.05) is 27.2 Å². The monoisotopic (exact) mass is 351 g/mol. The molecule has 1 aliphatic carbocycles. The molecule has 0 aromatic rings. The first-order valence-corrected chi connectivity index (χ1v) is 12.3. The van der Waals surface area contributed by atoms with Gasteiger partial charge in [-0.2, -0.15) is 5.26 Å².